The summed E-state index contributed by atoms with van der Waals surface area (Å²) in [7, 11) is 0. The molecule has 0 saturated carbocycles. The fraction of sp³-hybridized carbons (Fsp3) is 0.105. The molecule has 1 N–H and O–H groups in total. The molecule has 0 fully saturated rings. The van der Waals surface area contributed by atoms with Crippen LogP contribution in [0.3, 0.4) is 0 Å². The van der Waals surface area contributed by atoms with E-state index in [0.717, 1.165) is 22.0 Å². The van der Waals surface area contributed by atoms with E-state index in [-0.39, 0.29) is 28.9 Å². The topological polar surface area (TPSA) is 72.2 Å². The Balaban J connectivity index is 1.96. The molecule has 1 amide bonds. The highest BCUT2D eigenvalue weighted by Gasteiger charge is 2.31. The van der Waals surface area contributed by atoms with Gasteiger partial charge in [-0.25, -0.2) is 0 Å². The van der Waals surface area contributed by atoms with Crippen molar-refractivity contribution >= 4 is 28.1 Å². The van der Waals surface area contributed by atoms with Gasteiger partial charge in [-0.2, -0.15) is 0 Å². The van der Waals surface area contributed by atoms with Crippen LogP contribution in [0.25, 0.3) is 10.8 Å². The maximum absolute atomic E-state index is 12.3. The molecule has 1 heterocycles. The molecular weight excluding hydrogens is 304 g/mol. The van der Waals surface area contributed by atoms with Crippen LogP contribution in [0, 0.1) is 10.1 Å². The van der Waals surface area contributed by atoms with Crippen molar-refractivity contribution in [1.82, 2.24) is 0 Å². The second-order valence-corrected chi connectivity index (χ2v) is 5.87. The van der Waals surface area contributed by atoms with E-state index >= 15 is 0 Å². The number of anilines is 1. The van der Waals surface area contributed by atoms with Crippen molar-refractivity contribution < 1.29 is 9.72 Å². The first-order chi connectivity index (χ1) is 11.6. The number of para-hydroxylation sites is 1. The summed E-state index contributed by atoms with van der Waals surface area (Å²) in [6.07, 6.45) is 0.205. The van der Waals surface area contributed by atoms with Crippen LogP contribution in [0.4, 0.5) is 11.4 Å². The minimum atomic E-state index is -0.386. The summed E-state index contributed by atoms with van der Waals surface area (Å²) in [4.78, 5) is 23.2. The van der Waals surface area contributed by atoms with Crippen molar-refractivity contribution in [2.24, 2.45) is 0 Å². The van der Waals surface area contributed by atoms with Crippen molar-refractivity contribution in [2.75, 3.05) is 5.32 Å². The molecule has 0 saturated heterocycles. The lowest BCUT2D eigenvalue weighted by Gasteiger charge is -2.27. The first kappa shape index (κ1) is 14.4. The molecular formula is C19H14N2O3. The van der Waals surface area contributed by atoms with Gasteiger partial charge in [0, 0.05) is 29.4 Å². The third-order valence-electron chi connectivity index (χ3n) is 4.50. The summed E-state index contributed by atoms with van der Waals surface area (Å²) in [5, 5.41) is 16.3. The highest BCUT2D eigenvalue weighted by Crippen LogP contribution is 2.43. The zero-order valence-corrected chi connectivity index (χ0v) is 12.7. The number of nitrogens with zero attached hydrogens (tertiary/aromatic N) is 1. The molecule has 3 aromatic carbocycles. The largest absolute Gasteiger partial charge is 0.325 e. The summed E-state index contributed by atoms with van der Waals surface area (Å²) < 4.78 is 0. The van der Waals surface area contributed by atoms with Gasteiger partial charge in [-0.15, -0.1) is 0 Å². The smallest absolute Gasteiger partial charge is 0.273 e. The molecule has 0 aromatic heterocycles. The van der Waals surface area contributed by atoms with Gasteiger partial charge in [0.1, 0.15) is 0 Å². The Hall–Kier alpha value is -3.21. The lowest BCUT2D eigenvalue weighted by atomic mass is 9.82. The number of amides is 1. The first-order valence-electron chi connectivity index (χ1n) is 7.70. The van der Waals surface area contributed by atoms with Gasteiger partial charge in [0.15, 0.2) is 0 Å². The van der Waals surface area contributed by atoms with Crippen molar-refractivity contribution in [1.29, 1.82) is 0 Å². The van der Waals surface area contributed by atoms with Crippen molar-refractivity contribution in [3.8, 4) is 0 Å². The van der Waals surface area contributed by atoms with Gasteiger partial charge in [-0.1, -0.05) is 54.6 Å². The van der Waals surface area contributed by atoms with Gasteiger partial charge in [-0.3, -0.25) is 14.9 Å². The lowest BCUT2D eigenvalue weighted by Crippen LogP contribution is -2.24. The van der Waals surface area contributed by atoms with Crippen molar-refractivity contribution in [2.45, 2.75) is 12.3 Å². The SMILES string of the molecule is O=C1C[C@@H](c2ccccc2[N+](=O)[O-])c2ccc3ccccc3c2N1. The molecule has 0 bridgehead atoms. The number of nitro benzene ring substituents is 1. The van der Waals surface area contributed by atoms with E-state index in [9.17, 15) is 14.9 Å². The number of nitro groups is 1. The van der Waals surface area contributed by atoms with E-state index in [2.05, 4.69) is 5.32 Å². The van der Waals surface area contributed by atoms with Crippen molar-refractivity contribution in [3.05, 3.63) is 81.9 Å². The number of hydrogen-bond acceptors (Lipinski definition) is 3. The molecule has 24 heavy (non-hydrogen) atoms. The highest BCUT2D eigenvalue weighted by molar-refractivity contribution is 6.06. The second-order valence-electron chi connectivity index (χ2n) is 5.87. The van der Waals surface area contributed by atoms with Gasteiger partial charge in [-0.05, 0) is 10.9 Å². The number of fused-ring (bicyclic) bond motifs is 3. The van der Waals surface area contributed by atoms with Gasteiger partial charge < -0.3 is 5.32 Å². The molecule has 0 radical (unpaired) electrons. The molecule has 5 heteroatoms. The van der Waals surface area contributed by atoms with Crippen LogP contribution in [-0.2, 0) is 4.79 Å². The summed E-state index contributed by atoms with van der Waals surface area (Å²) >= 11 is 0. The zero-order valence-electron chi connectivity index (χ0n) is 12.7. The average molecular weight is 318 g/mol. The Bertz CT molecular complexity index is 981. The number of nitrogens with one attached hydrogen (secondary N) is 1. The molecule has 5 nitrogen and oxygen atoms in total. The minimum absolute atomic E-state index is 0.0521. The van der Waals surface area contributed by atoms with Crippen LogP contribution < -0.4 is 5.32 Å². The molecule has 0 spiro atoms. The Kier molecular flexibility index (Phi) is 3.27. The molecule has 1 aliphatic rings. The molecule has 1 atom stereocenters. The third kappa shape index (κ3) is 2.22. The van der Waals surface area contributed by atoms with Crippen LogP contribution in [-0.4, -0.2) is 10.8 Å². The normalized spacial score (nSPS) is 16.5. The second kappa shape index (κ2) is 5.45. The van der Waals surface area contributed by atoms with Crippen LogP contribution in [0.5, 0.6) is 0 Å². The first-order valence-corrected chi connectivity index (χ1v) is 7.70. The molecule has 0 unspecified atom stereocenters. The molecule has 1 aliphatic heterocycles. The summed E-state index contributed by atoms with van der Waals surface area (Å²) in [6.45, 7) is 0. The van der Waals surface area contributed by atoms with E-state index in [0.29, 0.717) is 5.56 Å². The zero-order chi connectivity index (χ0) is 16.7. The number of hydrogen-bond donors (Lipinski definition) is 1. The maximum Gasteiger partial charge on any atom is 0.273 e. The lowest BCUT2D eigenvalue weighted by molar-refractivity contribution is -0.385. The van der Waals surface area contributed by atoms with Crippen LogP contribution in [0.2, 0.25) is 0 Å². The Morgan fingerprint density at radius 3 is 2.54 bits per heavy atom. The van der Waals surface area contributed by atoms with E-state index < -0.39 is 0 Å². The van der Waals surface area contributed by atoms with Crippen LogP contribution in [0.15, 0.2) is 60.7 Å². The highest BCUT2D eigenvalue weighted by atomic mass is 16.6. The quantitative estimate of drug-likeness (QED) is 0.568. The number of benzene rings is 3. The van der Waals surface area contributed by atoms with E-state index in [1.54, 1.807) is 18.2 Å². The predicted octanol–water partition coefficient (Wildman–Crippen LogP) is 4.22. The monoisotopic (exact) mass is 318 g/mol. The van der Waals surface area contributed by atoms with Gasteiger partial charge in [0.25, 0.3) is 5.69 Å². The number of carbonyl (C=O) groups is 1. The molecule has 118 valence electrons. The summed E-state index contributed by atoms with van der Waals surface area (Å²) in [6, 6.07) is 18.4. The molecule has 3 aromatic rings. The van der Waals surface area contributed by atoms with Crippen LogP contribution in [0.1, 0.15) is 23.5 Å². The average Bonchev–Trinajstić information content (AvgIpc) is 2.61. The van der Waals surface area contributed by atoms with Crippen molar-refractivity contribution in [3.63, 3.8) is 0 Å². The van der Waals surface area contributed by atoms with E-state index in [1.165, 1.54) is 6.07 Å². The summed E-state index contributed by atoms with van der Waals surface area (Å²) in [5.41, 5.74) is 2.31. The number of rotatable bonds is 2. The Labute approximate surface area is 138 Å². The van der Waals surface area contributed by atoms with E-state index in [1.807, 2.05) is 36.4 Å². The Morgan fingerprint density at radius 2 is 1.71 bits per heavy atom. The molecule has 0 aliphatic carbocycles. The fourth-order valence-electron chi connectivity index (χ4n) is 3.43. The van der Waals surface area contributed by atoms with Gasteiger partial charge >= 0.3 is 0 Å². The standard InChI is InChI=1S/C19H14N2O3/c22-18-11-16(14-7-3-4-8-17(14)21(23)24)15-10-9-12-5-1-2-6-13(12)19(15)20-18/h1-10,16H,11H2,(H,20,22)/t16-/m0/s1. The maximum atomic E-state index is 12.3. The molecule has 4 rings (SSSR count). The fourth-order valence-corrected chi connectivity index (χ4v) is 3.43. The third-order valence-corrected chi connectivity index (χ3v) is 4.50. The van der Waals surface area contributed by atoms with Crippen LogP contribution >= 0.6 is 0 Å². The number of carbonyl (C=O) groups excluding carboxylic acids is 1. The minimum Gasteiger partial charge on any atom is -0.325 e. The Morgan fingerprint density at radius 1 is 0.958 bits per heavy atom. The predicted molar refractivity (Wildman–Crippen MR) is 92.1 cm³/mol. The van der Waals surface area contributed by atoms with Gasteiger partial charge in [0.2, 0.25) is 5.91 Å². The van der Waals surface area contributed by atoms with E-state index in [4.69, 9.17) is 0 Å². The summed E-state index contributed by atoms with van der Waals surface area (Å²) in [5.74, 6) is -0.443. The van der Waals surface area contributed by atoms with Gasteiger partial charge in [0.05, 0.1) is 10.6 Å².